The van der Waals surface area contributed by atoms with Crippen molar-refractivity contribution >= 4 is 11.9 Å². The summed E-state index contributed by atoms with van der Waals surface area (Å²) in [4.78, 5) is 23.4. The lowest BCUT2D eigenvalue weighted by Crippen LogP contribution is -2.38. The maximum atomic E-state index is 11.7. The molecule has 2 N–H and O–H groups in total. The summed E-state index contributed by atoms with van der Waals surface area (Å²) in [5.41, 5.74) is 0. The van der Waals surface area contributed by atoms with Gasteiger partial charge in [0, 0.05) is 13.2 Å². The van der Waals surface area contributed by atoms with Crippen molar-refractivity contribution in [3.63, 3.8) is 0 Å². The van der Waals surface area contributed by atoms with Crippen LogP contribution in [0.2, 0.25) is 0 Å². The number of benzene rings is 1. The monoisotopic (exact) mass is 337 g/mol. The molecule has 1 heterocycles. The highest BCUT2D eigenvalue weighted by Gasteiger charge is 2.29. The molecule has 0 radical (unpaired) electrons. The number of carbonyl (C=O) groups excluding carboxylic acids is 2. The van der Waals surface area contributed by atoms with Crippen molar-refractivity contribution in [2.24, 2.45) is 5.92 Å². The van der Waals surface area contributed by atoms with Gasteiger partial charge in [0.1, 0.15) is 12.4 Å². The highest BCUT2D eigenvalue weighted by molar-refractivity contribution is 5.82. The van der Waals surface area contributed by atoms with Crippen LogP contribution in [0.3, 0.4) is 0 Å². The standard InChI is InChI=1S/C17H23NO6/c19-15(18-8-11-23-14-4-2-1-3-5-14)12-24-17(21)16(20)13-6-9-22-10-7-13/h1-5,13,16,20H,6-12H2,(H,18,19)/t16-/m1/s1. The molecule has 1 aromatic rings. The summed E-state index contributed by atoms with van der Waals surface area (Å²) in [5.74, 6) is -0.650. The van der Waals surface area contributed by atoms with E-state index in [0.29, 0.717) is 39.2 Å². The largest absolute Gasteiger partial charge is 0.492 e. The first kappa shape index (κ1) is 18.2. The predicted octanol–water partition coefficient (Wildman–Crippen LogP) is 0.512. The third-order valence-electron chi connectivity index (χ3n) is 3.74. The number of carbonyl (C=O) groups is 2. The number of para-hydroxylation sites is 1. The molecule has 24 heavy (non-hydrogen) atoms. The number of esters is 1. The molecule has 0 saturated carbocycles. The molecular weight excluding hydrogens is 314 g/mol. The van der Waals surface area contributed by atoms with Crippen LogP contribution in [-0.4, -0.2) is 56.1 Å². The third kappa shape index (κ3) is 6.17. The van der Waals surface area contributed by atoms with E-state index in [0.717, 1.165) is 5.75 Å². The van der Waals surface area contributed by atoms with E-state index in [1.54, 1.807) is 0 Å². The van der Waals surface area contributed by atoms with Gasteiger partial charge in [-0.3, -0.25) is 4.79 Å². The molecule has 0 aliphatic carbocycles. The summed E-state index contributed by atoms with van der Waals surface area (Å²) >= 11 is 0. The topological polar surface area (TPSA) is 94.1 Å². The molecule has 1 aromatic carbocycles. The Morgan fingerprint density at radius 3 is 2.67 bits per heavy atom. The summed E-state index contributed by atoms with van der Waals surface area (Å²) in [5, 5.41) is 12.5. The first-order chi connectivity index (χ1) is 11.7. The average Bonchev–Trinajstić information content (AvgIpc) is 2.64. The van der Waals surface area contributed by atoms with Gasteiger partial charge in [0.05, 0.1) is 6.54 Å². The number of aliphatic hydroxyl groups excluding tert-OH is 1. The highest BCUT2D eigenvalue weighted by atomic mass is 16.6. The lowest BCUT2D eigenvalue weighted by Gasteiger charge is -2.25. The van der Waals surface area contributed by atoms with Gasteiger partial charge in [0.2, 0.25) is 0 Å². The van der Waals surface area contributed by atoms with Gasteiger partial charge in [-0.25, -0.2) is 4.79 Å². The van der Waals surface area contributed by atoms with Crippen molar-refractivity contribution in [3.8, 4) is 5.75 Å². The fraction of sp³-hybridized carbons (Fsp3) is 0.529. The van der Waals surface area contributed by atoms with Gasteiger partial charge in [-0.15, -0.1) is 0 Å². The van der Waals surface area contributed by atoms with Gasteiger partial charge in [-0.05, 0) is 30.9 Å². The number of amides is 1. The Hall–Kier alpha value is -2.12. The molecule has 1 aliphatic rings. The minimum atomic E-state index is -1.21. The van der Waals surface area contributed by atoms with E-state index >= 15 is 0 Å². The minimum absolute atomic E-state index is 0.173. The van der Waals surface area contributed by atoms with Crippen molar-refractivity contribution < 1.29 is 28.9 Å². The quantitative estimate of drug-likeness (QED) is 0.530. The second kappa shape index (κ2) is 9.89. The number of aliphatic hydroxyl groups is 1. The Kier molecular flexibility index (Phi) is 7.51. The van der Waals surface area contributed by atoms with Crippen molar-refractivity contribution in [1.82, 2.24) is 5.32 Å². The van der Waals surface area contributed by atoms with Crippen molar-refractivity contribution in [3.05, 3.63) is 30.3 Å². The molecule has 7 nitrogen and oxygen atoms in total. The molecule has 0 bridgehead atoms. The van der Waals surface area contributed by atoms with Gasteiger partial charge in [0.25, 0.3) is 5.91 Å². The number of hydrogen-bond acceptors (Lipinski definition) is 6. The van der Waals surface area contributed by atoms with Crippen LogP contribution in [0, 0.1) is 5.92 Å². The molecule has 0 spiro atoms. The number of hydrogen-bond donors (Lipinski definition) is 2. The van der Waals surface area contributed by atoms with E-state index in [1.807, 2.05) is 30.3 Å². The summed E-state index contributed by atoms with van der Waals surface area (Å²) < 4.78 is 15.5. The van der Waals surface area contributed by atoms with Crippen LogP contribution < -0.4 is 10.1 Å². The van der Waals surface area contributed by atoms with E-state index in [-0.39, 0.29) is 5.92 Å². The molecule has 1 atom stereocenters. The van der Waals surface area contributed by atoms with E-state index in [2.05, 4.69) is 5.32 Å². The summed E-state index contributed by atoms with van der Waals surface area (Å²) in [7, 11) is 0. The molecule has 132 valence electrons. The normalized spacial score (nSPS) is 16.2. The molecule has 0 unspecified atom stereocenters. The first-order valence-corrected chi connectivity index (χ1v) is 8.04. The second-order valence-electron chi connectivity index (χ2n) is 5.51. The van der Waals surface area contributed by atoms with E-state index in [4.69, 9.17) is 14.2 Å². The lowest BCUT2D eigenvalue weighted by molar-refractivity contribution is -0.161. The summed E-state index contributed by atoms with van der Waals surface area (Å²) in [6.45, 7) is 1.25. The van der Waals surface area contributed by atoms with Crippen molar-refractivity contribution in [2.45, 2.75) is 18.9 Å². The van der Waals surface area contributed by atoms with Crippen LogP contribution in [0.15, 0.2) is 30.3 Å². The maximum absolute atomic E-state index is 11.7. The van der Waals surface area contributed by atoms with Crippen LogP contribution >= 0.6 is 0 Å². The second-order valence-corrected chi connectivity index (χ2v) is 5.51. The Bertz CT molecular complexity index is 515. The van der Waals surface area contributed by atoms with Gasteiger partial charge < -0.3 is 24.6 Å². The average molecular weight is 337 g/mol. The molecule has 1 saturated heterocycles. The summed E-state index contributed by atoms with van der Waals surface area (Å²) in [6.07, 6.45) is 0.0154. The smallest absolute Gasteiger partial charge is 0.335 e. The molecule has 7 heteroatoms. The van der Waals surface area contributed by atoms with Gasteiger partial charge >= 0.3 is 5.97 Å². The van der Waals surface area contributed by atoms with Gasteiger partial charge in [-0.1, -0.05) is 18.2 Å². The van der Waals surface area contributed by atoms with Gasteiger partial charge in [0.15, 0.2) is 12.7 Å². The zero-order valence-electron chi connectivity index (χ0n) is 13.5. The Labute approximate surface area is 140 Å². The molecular formula is C17H23NO6. The highest BCUT2D eigenvalue weighted by Crippen LogP contribution is 2.19. The van der Waals surface area contributed by atoms with Crippen molar-refractivity contribution in [2.75, 3.05) is 33.0 Å². The van der Waals surface area contributed by atoms with Crippen LogP contribution in [0.4, 0.5) is 0 Å². The van der Waals surface area contributed by atoms with Crippen LogP contribution in [0.5, 0.6) is 5.75 Å². The molecule has 0 aromatic heterocycles. The van der Waals surface area contributed by atoms with E-state index < -0.39 is 24.6 Å². The zero-order chi connectivity index (χ0) is 17.2. The number of ether oxygens (including phenoxy) is 3. The van der Waals surface area contributed by atoms with E-state index in [9.17, 15) is 14.7 Å². The van der Waals surface area contributed by atoms with Gasteiger partial charge in [-0.2, -0.15) is 0 Å². The third-order valence-corrected chi connectivity index (χ3v) is 3.74. The predicted molar refractivity (Wildman–Crippen MR) is 85.5 cm³/mol. The molecule has 1 aliphatic heterocycles. The molecule has 2 rings (SSSR count). The molecule has 1 amide bonds. The first-order valence-electron chi connectivity index (χ1n) is 8.04. The van der Waals surface area contributed by atoms with Crippen LogP contribution in [0.25, 0.3) is 0 Å². The van der Waals surface area contributed by atoms with Crippen molar-refractivity contribution in [1.29, 1.82) is 0 Å². The fourth-order valence-corrected chi connectivity index (χ4v) is 2.37. The SMILES string of the molecule is O=C(COC(=O)[C@H](O)C1CCOCC1)NCCOc1ccccc1. The molecule has 1 fully saturated rings. The lowest BCUT2D eigenvalue weighted by atomic mass is 9.94. The Morgan fingerprint density at radius 1 is 1.25 bits per heavy atom. The van der Waals surface area contributed by atoms with Crippen LogP contribution in [-0.2, 0) is 19.1 Å². The zero-order valence-corrected chi connectivity index (χ0v) is 13.5. The van der Waals surface area contributed by atoms with E-state index in [1.165, 1.54) is 0 Å². The number of nitrogens with one attached hydrogen (secondary N) is 1. The summed E-state index contributed by atoms with van der Waals surface area (Å²) in [6, 6.07) is 9.24. The van der Waals surface area contributed by atoms with Crippen LogP contribution in [0.1, 0.15) is 12.8 Å². The maximum Gasteiger partial charge on any atom is 0.335 e. The Balaban J connectivity index is 1.57. The fourth-order valence-electron chi connectivity index (χ4n) is 2.37. The number of rotatable bonds is 8. The Morgan fingerprint density at radius 2 is 1.96 bits per heavy atom. The minimum Gasteiger partial charge on any atom is -0.492 e.